The third-order valence-corrected chi connectivity index (χ3v) is 3.57. The third kappa shape index (κ3) is 1.87. The first kappa shape index (κ1) is 12.6. The van der Waals surface area contributed by atoms with Gasteiger partial charge < -0.3 is 4.42 Å². The zero-order valence-electron chi connectivity index (χ0n) is 11.9. The Morgan fingerprint density at radius 2 is 1.95 bits per heavy atom. The molecule has 0 aliphatic rings. The molecule has 5 heteroatoms. The Labute approximate surface area is 125 Å². The van der Waals surface area contributed by atoms with Gasteiger partial charge in [0.05, 0.1) is 11.8 Å². The van der Waals surface area contributed by atoms with Crippen molar-refractivity contribution < 1.29 is 4.42 Å². The van der Waals surface area contributed by atoms with Gasteiger partial charge in [-0.3, -0.25) is 9.89 Å². The summed E-state index contributed by atoms with van der Waals surface area (Å²) in [6, 6.07) is 15.0. The molecule has 22 heavy (non-hydrogen) atoms. The van der Waals surface area contributed by atoms with Crippen LogP contribution < -0.4 is 5.56 Å². The van der Waals surface area contributed by atoms with E-state index in [2.05, 4.69) is 10.1 Å². The molecular weight excluding hydrogens is 278 g/mol. The highest BCUT2D eigenvalue weighted by molar-refractivity contribution is 5.89. The average molecular weight is 291 g/mol. The number of H-pyrrole nitrogens is 1. The predicted octanol–water partition coefficient (Wildman–Crippen LogP) is 3.26. The Morgan fingerprint density at radius 3 is 2.68 bits per heavy atom. The van der Waals surface area contributed by atoms with Crippen molar-refractivity contribution in [3.05, 3.63) is 70.8 Å². The Kier molecular flexibility index (Phi) is 2.72. The van der Waals surface area contributed by atoms with Crippen molar-refractivity contribution in [3.8, 4) is 22.6 Å². The molecule has 108 valence electrons. The minimum atomic E-state index is -0.141. The van der Waals surface area contributed by atoms with Gasteiger partial charge in [-0.25, -0.2) is 9.50 Å². The Morgan fingerprint density at radius 1 is 1.14 bits per heavy atom. The second-order valence-electron chi connectivity index (χ2n) is 5.10. The molecule has 0 saturated carbocycles. The maximum Gasteiger partial charge on any atom is 0.272 e. The number of hydrogen-bond acceptors (Lipinski definition) is 3. The van der Waals surface area contributed by atoms with Gasteiger partial charge in [-0.2, -0.15) is 0 Å². The molecule has 4 aromatic rings. The second-order valence-corrected chi connectivity index (χ2v) is 5.10. The van der Waals surface area contributed by atoms with E-state index in [1.54, 1.807) is 6.26 Å². The minimum absolute atomic E-state index is 0.141. The maximum absolute atomic E-state index is 12.2. The first-order valence-electron chi connectivity index (χ1n) is 6.96. The Balaban J connectivity index is 2.15. The zero-order valence-corrected chi connectivity index (χ0v) is 11.9. The van der Waals surface area contributed by atoms with E-state index in [4.69, 9.17) is 4.42 Å². The van der Waals surface area contributed by atoms with E-state index < -0.39 is 0 Å². The molecule has 3 heterocycles. The number of furan rings is 1. The minimum Gasteiger partial charge on any atom is -0.463 e. The molecule has 0 radical (unpaired) electrons. The van der Waals surface area contributed by atoms with Crippen LogP contribution in [0.15, 0.2) is 64.0 Å². The molecular formula is C17H13N3O2. The highest BCUT2D eigenvalue weighted by Crippen LogP contribution is 2.33. The molecule has 0 fully saturated rings. The first-order valence-corrected chi connectivity index (χ1v) is 6.96. The summed E-state index contributed by atoms with van der Waals surface area (Å²) in [5, 5.41) is 3.11. The molecule has 3 aromatic heterocycles. The zero-order chi connectivity index (χ0) is 15.1. The van der Waals surface area contributed by atoms with Crippen LogP contribution in [-0.4, -0.2) is 14.6 Å². The lowest BCUT2D eigenvalue weighted by Crippen LogP contribution is -2.14. The highest BCUT2D eigenvalue weighted by Gasteiger charge is 2.19. The van der Waals surface area contributed by atoms with Gasteiger partial charge in [-0.1, -0.05) is 30.3 Å². The average Bonchev–Trinajstić information content (AvgIpc) is 3.14. The van der Waals surface area contributed by atoms with Gasteiger partial charge in [-0.05, 0) is 24.6 Å². The first-order chi connectivity index (χ1) is 10.7. The quantitative estimate of drug-likeness (QED) is 0.616. The van der Waals surface area contributed by atoms with Gasteiger partial charge in [-0.15, -0.1) is 0 Å². The summed E-state index contributed by atoms with van der Waals surface area (Å²) in [4.78, 5) is 16.8. The van der Waals surface area contributed by atoms with Crippen molar-refractivity contribution in [2.75, 3.05) is 0 Å². The molecule has 0 atom stereocenters. The molecule has 0 amide bonds. The molecule has 4 rings (SSSR count). The second kappa shape index (κ2) is 4.73. The predicted molar refractivity (Wildman–Crippen MR) is 83.7 cm³/mol. The van der Waals surface area contributed by atoms with Gasteiger partial charge in [0.15, 0.2) is 11.4 Å². The van der Waals surface area contributed by atoms with Crippen molar-refractivity contribution in [2.24, 2.45) is 0 Å². The van der Waals surface area contributed by atoms with Gasteiger partial charge in [0.1, 0.15) is 5.69 Å². The lowest BCUT2D eigenvalue weighted by atomic mass is 10.0. The van der Waals surface area contributed by atoms with E-state index in [0.717, 1.165) is 16.8 Å². The van der Waals surface area contributed by atoms with Crippen LogP contribution in [0.4, 0.5) is 0 Å². The van der Waals surface area contributed by atoms with Gasteiger partial charge in [0, 0.05) is 11.8 Å². The molecule has 0 saturated heterocycles. The third-order valence-electron chi connectivity index (χ3n) is 3.57. The fourth-order valence-electron chi connectivity index (χ4n) is 2.63. The van der Waals surface area contributed by atoms with Crippen molar-refractivity contribution in [1.29, 1.82) is 0 Å². The van der Waals surface area contributed by atoms with Crippen LogP contribution in [0.25, 0.3) is 28.2 Å². The summed E-state index contributed by atoms with van der Waals surface area (Å²) in [5.41, 5.74) is 3.72. The van der Waals surface area contributed by atoms with Gasteiger partial charge in [0.25, 0.3) is 5.56 Å². The summed E-state index contributed by atoms with van der Waals surface area (Å²) in [6.07, 6.45) is 1.61. The highest BCUT2D eigenvalue weighted by atomic mass is 16.3. The summed E-state index contributed by atoms with van der Waals surface area (Å²) < 4.78 is 6.96. The molecule has 0 spiro atoms. The monoisotopic (exact) mass is 291 g/mol. The standard InChI is InChI=1S/C17H13N3O2/c1-11-10-14(21)20-17(18-11)15(12-6-3-2-4-7-12)16(19-20)13-8-5-9-22-13/h2-10,19H,1H3. The number of nitrogens with one attached hydrogen (secondary N) is 1. The molecule has 5 nitrogen and oxygen atoms in total. The summed E-state index contributed by atoms with van der Waals surface area (Å²) in [5.74, 6) is 0.668. The van der Waals surface area contributed by atoms with E-state index in [9.17, 15) is 4.79 Å². The van der Waals surface area contributed by atoms with Crippen LogP contribution in [0.2, 0.25) is 0 Å². The van der Waals surface area contributed by atoms with E-state index in [1.807, 2.05) is 49.4 Å². The number of aromatic amines is 1. The van der Waals surface area contributed by atoms with Crippen molar-refractivity contribution in [3.63, 3.8) is 0 Å². The van der Waals surface area contributed by atoms with Crippen LogP contribution in [0.5, 0.6) is 0 Å². The number of benzene rings is 1. The largest absolute Gasteiger partial charge is 0.463 e. The Hall–Kier alpha value is -3.08. The number of aromatic nitrogens is 3. The summed E-state index contributed by atoms with van der Waals surface area (Å²) in [6.45, 7) is 1.82. The number of rotatable bonds is 2. The van der Waals surface area contributed by atoms with Crippen molar-refractivity contribution >= 4 is 5.65 Å². The smallest absolute Gasteiger partial charge is 0.272 e. The fraction of sp³-hybridized carbons (Fsp3) is 0.0588. The molecule has 0 aliphatic carbocycles. The summed E-state index contributed by atoms with van der Waals surface area (Å²) >= 11 is 0. The van der Waals surface area contributed by atoms with E-state index in [1.165, 1.54) is 10.6 Å². The van der Waals surface area contributed by atoms with Crippen LogP contribution in [-0.2, 0) is 0 Å². The molecule has 0 bridgehead atoms. The van der Waals surface area contributed by atoms with Gasteiger partial charge >= 0.3 is 0 Å². The van der Waals surface area contributed by atoms with Crippen LogP contribution >= 0.6 is 0 Å². The number of nitrogens with zero attached hydrogens (tertiary/aromatic N) is 2. The van der Waals surface area contributed by atoms with Crippen LogP contribution in [0, 0.1) is 6.92 Å². The number of fused-ring (bicyclic) bond motifs is 1. The van der Waals surface area contributed by atoms with E-state index >= 15 is 0 Å². The lowest BCUT2D eigenvalue weighted by molar-refractivity contribution is 0.579. The normalized spacial score (nSPS) is 11.1. The fourth-order valence-corrected chi connectivity index (χ4v) is 2.63. The maximum atomic E-state index is 12.2. The topological polar surface area (TPSA) is 63.3 Å². The lowest BCUT2D eigenvalue weighted by Gasteiger charge is -2.01. The number of aryl methyl sites for hydroxylation is 1. The van der Waals surface area contributed by atoms with Crippen molar-refractivity contribution in [1.82, 2.24) is 14.6 Å². The Bertz CT molecular complexity index is 996. The number of hydrogen-bond donors (Lipinski definition) is 1. The van der Waals surface area contributed by atoms with Crippen LogP contribution in [0.3, 0.4) is 0 Å². The van der Waals surface area contributed by atoms with Crippen molar-refractivity contribution in [2.45, 2.75) is 6.92 Å². The molecule has 1 aromatic carbocycles. The summed E-state index contributed by atoms with van der Waals surface area (Å²) in [7, 11) is 0. The van der Waals surface area contributed by atoms with Crippen LogP contribution in [0.1, 0.15) is 5.69 Å². The van der Waals surface area contributed by atoms with E-state index in [0.29, 0.717) is 17.1 Å². The van der Waals surface area contributed by atoms with Gasteiger partial charge in [0.2, 0.25) is 0 Å². The SMILES string of the molecule is Cc1cc(=O)n2[nH]c(-c3ccco3)c(-c3ccccc3)c2n1. The molecule has 1 N–H and O–H groups in total. The molecule has 0 unspecified atom stereocenters. The molecule has 0 aliphatic heterocycles. The van der Waals surface area contributed by atoms with E-state index in [-0.39, 0.29) is 5.56 Å².